The minimum atomic E-state index is -4.36. The number of methoxy groups -OCH3 is 1. The molecule has 2 atom stereocenters. The fourth-order valence-electron chi connectivity index (χ4n) is 6.00. The molecule has 0 bridgehead atoms. The lowest BCUT2D eigenvalue weighted by Gasteiger charge is -2.52. The van der Waals surface area contributed by atoms with Crippen molar-refractivity contribution in [3.05, 3.63) is 58.7 Å². The molecule has 2 fully saturated rings. The molecule has 2 saturated heterocycles. The molecule has 2 aromatic rings. The van der Waals surface area contributed by atoms with E-state index in [4.69, 9.17) is 4.74 Å². The molecule has 0 unspecified atom stereocenters. The van der Waals surface area contributed by atoms with Crippen molar-refractivity contribution in [2.24, 2.45) is 0 Å². The molecular formula is C28H39F3N5O3+. The van der Waals surface area contributed by atoms with Gasteiger partial charge >= 0.3 is 12.5 Å². The molecule has 0 radical (unpaired) electrons. The zero-order chi connectivity index (χ0) is 28.5. The van der Waals surface area contributed by atoms with Crippen molar-refractivity contribution in [3.63, 3.8) is 0 Å². The fraction of sp³-hybridized carbons (Fsp3) is 0.607. The normalized spacial score (nSPS) is 21.6. The molecule has 2 aliphatic heterocycles. The molecule has 1 aromatic carbocycles. The van der Waals surface area contributed by atoms with Crippen LogP contribution < -0.4 is 4.73 Å². The zero-order valence-electron chi connectivity index (χ0n) is 23.3. The van der Waals surface area contributed by atoms with Gasteiger partial charge in [0, 0.05) is 65.3 Å². The second-order valence-electron chi connectivity index (χ2n) is 11.0. The van der Waals surface area contributed by atoms with E-state index in [9.17, 15) is 23.2 Å². The number of carbonyl (C=O) groups excluding carboxylic acids is 1. The first-order valence-corrected chi connectivity index (χ1v) is 13.4. The Kier molecular flexibility index (Phi) is 8.53. The number of rotatable bonds is 6. The Labute approximate surface area is 227 Å². The first kappa shape index (κ1) is 29.2. The fourth-order valence-corrected chi connectivity index (χ4v) is 6.00. The zero-order valence-corrected chi connectivity index (χ0v) is 23.3. The van der Waals surface area contributed by atoms with E-state index in [0.29, 0.717) is 36.6 Å². The van der Waals surface area contributed by atoms with E-state index < -0.39 is 11.7 Å². The predicted molar refractivity (Wildman–Crippen MR) is 138 cm³/mol. The molecule has 3 heterocycles. The summed E-state index contributed by atoms with van der Waals surface area (Å²) in [5, 5.41) is 9.98. The molecule has 0 spiro atoms. The lowest BCUT2D eigenvalue weighted by atomic mass is 9.86. The van der Waals surface area contributed by atoms with Crippen LogP contribution in [0.5, 0.6) is 0 Å². The Morgan fingerprint density at radius 3 is 2.38 bits per heavy atom. The molecule has 11 heteroatoms. The Bertz CT molecular complexity index is 1170. The van der Waals surface area contributed by atoms with Gasteiger partial charge < -0.3 is 14.8 Å². The summed E-state index contributed by atoms with van der Waals surface area (Å²) >= 11 is 0. The van der Waals surface area contributed by atoms with E-state index in [1.54, 1.807) is 33.1 Å². The number of hydrogen-bond acceptors (Lipinski definition) is 6. The number of carbonyl (C=O) groups is 1. The number of aryl methyl sites for hydroxylation is 1. The Hall–Kier alpha value is -2.76. The summed E-state index contributed by atoms with van der Waals surface area (Å²) < 4.78 is 45.6. The number of hydrogen-bond donors (Lipinski definition) is 1. The molecule has 1 amide bonds. The average Bonchev–Trinajstić information content (AvgIpc) is 2.90. The molecule has 1 N–H and O–H groups in total. The molecule has 214 valence electrons. The van der Waals surface area contributed by atoms with Crippen LogP contribution in [0.3, 0.4) is 0 Å². The Morgan fingerprint density at radius 2 is 1.82 bits per heavy atom. The maximum Gasteiger partial charge on any atom is 0.416 e. The van der Waals surface area contributed by atoms with E-state index in [0.717, 1.165) is 54.9 Å². The summed E-state index contributed by atoms with van der Waals surface area (Å²) in [5.74, 6) is -0.111. The van der Waals surface area contributed by atoms with Gasteiger partial charge in [0.25, 0.3) is 5.91 Å². The van der Waals surface area contributed by atoms with Crippen molar-refractivity contribution >= 4 is 5.91 Å². The third-order valence-corrected chi connectivity index (χ3v) is 8.56. The van der Waals surface area contributed by atoms with Gasteiger partial charge in [0.05, 0.1) is 18.2 Å². The first-order chi connectivity index (χ1) is 18.4. The van der Waals surface area contributed by atoms with Crippen LogP contribution in [0.4, 0.5) is 13.2 Å². The van der Waals surface area contributed by atoms with Crippen molar-refractivity contribution in [3.8, 4) is 0 Å². The van der Waals surface area contributed by atoms with Crippen molar-refractivity contribution in [2.75, 3.05) is 46.4 Å². The first-order valence-electron chi connectivity index (χ1n) is 13.4. The highest BCUT2D eigenvalue weighted by atomic mass is 19.4. The summed E-state index contributed by atoms with van der Waals surface area (Å²) in [4.78, 5) is 24.1. The van der Waals surface area contributed by atoms with Gasteiger partial charge in [-0.15, -0.1) is 0 Å². The SMILES string of the molecule is COC[C@@H](c1ccc(C(F)(F)F)cc1)N1CCN(C2(C)CCN(C(=O)c3c(C)nc[n+](O)c3C)CC2)C[C@@H]1C. The topological polar surface area (TPSA) is 73.0 Å². The van der Waals surface area contributed by atoms with E-state index in [-0.39, 0.29) is 23.5 Å². The monoisotopic (exact) mass is 550 g/mol. The standard InChI is InChI=1S/C28H39F3N5O3/c1-19-16-34(14-15-35(19)24(17-39-5)22-6-8-23(9-7-22)28(29,30)31)27(4)10-12-33(13-11-27)26(37)25-20(2)32-18-36(38)21(25)3/h6-9,18-19,24,38H,10-17H2,1-5H3/q+1/t19-,24-/m0/s1. The summed E-state index contributed by atoms with van der Waals surface area (Å²) in [7, 11) is 1.61. The molecular weight excluding hydrogens is 511 g/mol. The number of halogens is 3. The lowest BCUT2D eigenvalue weighted by Crippen LogP contribution is -2.62. The highest BCUT2D eigenvalue weighted by Gasteiger charge is 2.42. The number of piperazine rings is 1. The van der Waals surface area contributed by atoms with Gasteiger partial charge in [-0.3, -0.25) is 14.6 Å². The number of amides is 1. The number of benzene rings is 1. The number of piperidine rings is 1. The third-order valence-electron chi connectivity index (χ3n) is 8.56. The molecule has 0 saturated carbocycles. The summed E-state index contributed by atoms with van der Waals surface area (Å²) in [6.45, 7) is 11.9. The highest BCUT2D eigenvalue weighted by Crippen LogP contribution is 2.35. The minimum Gasteiger partial charge on any atom is -0.383 e. The third kappa shape index (κ3) is 6.05. The average molecular weight is 551 g/mol. The number of alkyl halides is 3. The minimum absolute atomic E-state index is 0.0713. The molecule has 4 rings (SSSR count). The van der Waals surface area contributed by atoms with Gasteiger partial charge in [-0.05, 0) is 49.4 Å². The number of ether oxygens (including phenoxy) is 1. The lowest BCUT2D eigenvalue weighted by molar-refractivity contribution is -0.910. The van der Waals surface area contributed by atoms with Crippen LogP contribution in [0.15, 0.2) is 30.6 Å². The highest BCUT2D eigenvalue weighted by molar-refractivity contribution is 5.96. The second-order valence-corrected chi connectivity index (χ2v) is 11.0. The largest absolute Gasteiger partial charge is 0.416 e. The molecule has 8 nitrogen and oxygen atoms in total. The Balaban J connectivity index is 1.41. The van der Waals surface area contributed by atoms with Crippen LogP contribution >= 0.6 is 0 Å². The van der Waals surface area contributed by atoms with E-state index in [1.807, 2.05) is 4.90 Å². The van der Waals surface area contributed by atoms with Crippen LogP contribution in [0, 0.1) is 13.8 Å². The molecule has 1 aromatic heterocycles. The summed E-state index contributed by atoms with van der Waals surface area (Å²) in [5.41, 5.74) is 1.61. The van der Waals surface area contributed by atoms with Gasteiger partial charge in [-0.25, -0.2) is 0 Å². The van der Waals surface area contributed by atoms with Crippen LogP contribution in [-0.4, -0.2) is 88.8 Å². The van der Waals surface area contributed by atoms with Crippen molar-refractivity contribution in [1.82, 2.24) is 19.7 Å². The maximum atomic E-state index is 13.3. The number of nitrogens with zero attached hydrogens (tertiary/aromatic N) is 5. The quantitative estimate of drug-likeness (QED) is 0.438. The van der Waals surface area contributed by atoms with Crippen LogP contribution in [0.2, 0.25) is 0 Å². The van der Waals surface area contributed by atoms with Gasteiger partial charge in [-0.2, -0.15) is 13.2 Å². The van der Waals surface area contributed by atoms with Crippen LogP contribution in [0.25, 0.3) is 0 Å². The predicted octanol–water partition coefficient (Wildman–Crippen LogP) is 3.63. The van der Waals surface area contributed by atoms with Crippen LogP contribution in [0.1, 0.15) is 65.6 Å². The molecule has 0 aliphatic carbocycles. The van der Waals surface area contributed by atoms with E-state index in [2.05, 4.69) is 28.6 Å². The Morgan fingerprint density at radius 1 is 1.18 bits per heavy atom. The van der Waals surface area contributed by atoms with Gasteiger partial charge in [0.2, 0.25) is 0 Å². The van der Waals surface area contributed by atoms with Gasteiger partial charge in [-0.1, -0.05) is 16.9 Å². The van der Waals surface area contributed by atoms with E-state index in [1.165, 1.54) is 6.33 Å². The van der Waals surface area contributed by atoms with Gasteiger partial charge in [0.15, 0.2) is 11.4 Å². The van der Waals surface area contributed by atoms with Gasteiger partial charge in [0.1, 0.15) is 5.56 Å². The maximum absolute atomic E-state index is 13.3. The van der Waals surface area contributed by atoms with Crippen molar-refractivity contribution in [1.29, 1.82) is 0 Å². The van der Waals surface area contributed by atoms with Crippen molar-refractivity contribution in [2.45, 2.75) is 64.3 Å². The molecule has 2 aliphatic rings. The number of aromatic nitrogens is 2. The van der Waals surface area contributed by atoms with Crippen LogP contribution in [-0.2, 0) is 10.9 Å². The smallest absolute Gasteiger partial charge is 0.383 e. The number of likely N-dealkylation sites (tertiary alicyclic amines) is 1. The summed E-state index contributed by atoms with van der Waals surface area (Å²) in [6.07, 6.45) is -1.42. The summed E-state index contributed by atoms with van der Waals surface area (Å²) in [6, 6.07) is 5.43. The van der Waals surface area contributed by atoms with Crippen molar-refractivity contribution < 1.29 is 32.6 Å². The second kappa shape index (κ2) is 11.4. The molecule has 39 heavy (non-hydrogen) atoms. The van der Waals surface area contributed by atoms with E-state index >= 15 is 0 Å².